The van der Waals surface area contributed by atoms with Crippen LogP contribution in [-0.4, -0.2) is 25.9 Å². The monoisotopic (exact) mass is 320 g/mol. The Bertz CT molecular complexity index is 848. The Morgan fingerprint density at radius 1 is 1.32 bits per heavy atom. The number of Topliss-reactive ketones (excluding diaryl/α,β-unsaturated/α-hetero) is 1. The summed E-state index contributed by atoms with van der Waals surface area (Å²) in [5.74, 6) is 0.251. The van der Waals surface area contributed by atoms with Crippen LogP contribution in [0.15, 0.2) is 27.6 Å². The Labute approximate surface area is 128 Å². The number of aromatic nitrogens is 1. The maximum Gasteiger partial charge on any atom is 0.269 e. The molecule has 116 valence electrons. The predicted molar refractivity (Wildman–Crippen MR) is 80.7 cm³/mol. The van der Waals surface area contributed by atoms with Gasteiger partial charge in [0.25, 0.3) is 10.0 Å². The van der Waals surface area contributed by atoms with Gasteiger partial charge in [0.15, 0.2) is 16.4 Å². The Morgan fingerprint density at radius 2 is 2.05 bits per heavy atom. The van der Waals surface area contributed by atoms with Crippen molar-refractivity contribution in [1.29, 1.82) is 0 Å². The van der Waals surface area contributed by atoms with Crippen molar-refractivity contribution in [2.24, 2.45) is 0 Å². The van der Waals surface area contributed by atoms with E-state index >= 15 is 0 Å². The van der Waals surface area contributed by atoms with Crippen LogP contribution >= 0.6 is 0 Å². The first-order valence-electron chi connectivity index (χ1n) is 6.92. The minimum atomic E-state index is -3.71. The van der Waals surface area contributed by atoms with Crippen molar-refractivity contribution in [3.05, 3.63) is 40.8 Å². The van der Waals surface area contributed by atoms with Crippen molar-refractivity contribution in [2.75, 3.05) is 10.8 Å². The third kappa shape index (κ3) is 2.12. The van der Waals surface area contributed by atoms with Crippen LogP contribution in [0.4, 0.5) is 5.69 Å². The standard InChI is InChI=1S/C15H16N2O4S/c1-9-15(11(3)21-16-9)22(19,20)17-7-6-13-8-12(10(2)18)4-5-14(13)17/h4-5,8H,6-7H2,1-3H3. The topological polar surface area (TPSA) is 80.5 Å². The molecule has 3 rings (SSSR count). The SMILES string of the molecule is CC(=O)c1ccc2c(c1)CCN2S(=O)(=O)c1c(C)noc1C. The maximum atomic E-state index is 12.9. The second-order valence-corrected chi connectivity index (χ2v) is 7.18. The van der Waals surface area contributed by atoms with Gasteiger partial charge in [-0.2, -0.15) is 0 Å². The van der Waals surface area contributed by atoms with Gasteiger partial charge in [-0.15, -0.1) is 0 Å². The van der Waals surface area contributed by atoms with Crippen molar-refractivity contribution in [3.63, 3.8) is 0 Å². The Hall–Kier alpha value is -2.15. The first kappa shape index (κ1) is 14.8. The number of fused-ring (bicyclic) bond motifs is 1. The molecule has 22 heavy (non-hydrogen) atoms. The number of carbonyl (C=O) groups is 1. The van der Waals surface area contributed by atoms with Gasteiger partial charge in [0, 0.05) is 12.1 Å². The summed E-state index contributed by atoms with van der Waals surface area (Å²) >= 11 is 0. The zero-order chi connectivity index (χ0) is 16.1. The molecule has 0 fully saturated rings. The summed E-state index contributed by atoms with van der Waals surface area (Å²) in [5.41, 5.74) is 2.43. The fraction of sp³-hybridized carbons (Fsp3) is 0.333. The van der Waals surface area contributed by atoms with Crippen LogP contribution in [-0.2, 0) is 16.4 Å². The highest BCUT2D eigenvalue weighted by atomic mass is 32.2. The number of sulfonamides is 1. The number of aryl methyl sites for hydroxylation is 2. The summed E-state index contributed by atoms with van der Waals surface area (Å²) in [7, 11) is -3.71. The van der Waals surface area contributed by atoms with E-state index in [1.54, 1.807) is 32.0 Å². The van der Waals surface area contributed by atoms with E-state index in [4.69, 9.17) is 4.52 Å². The van der Waals surface area contributed by atoms with E-state index in [0.717, 1.165) is 5.56 Å². The molecule has 2 heterocycles. The van der Waals surface area contributed by atoms with E-state index in [2.05, 4.69) is 5.16 Å². The molecule has 0 amide bonds. The highest BCUT2D eigenvalue weighted by molar-refractivity contribution is 7.93. The van der Waals surface area contributed by atoms with Gasteiger partial charge in [0.05, 0.1) is 5.69 Å². The molecule has 1 aromatic heterocycles. The number of hydrogen-bond donors (Lipinski definition) is 0. The quantitative estimate of drug-likeness (QED) is 0.810. The molecule has 1 aliphatic rings. The summed E-state index contributed by atoms with van der Waals surface area (Å²) in [5, 5.41) is 3.72. The summed E-state index contributed by atoms with van der Waals surface area (Å²) in [6.07, 6.45) is 0.582. The number of nitrogens with zero attached hydrogens (tertiary/aromatic N) is 2. The zero-order valence-corrected chi connectivity index (χ0v) is 13.4. The first-order chi connectivity index (χ1) is 10.3. The smallest absolute Gasteiger partial charge is 0.269 e. The van der Waals surface area contributed by atoms with Crippen LogP contribution < -0.4 is 4.31 Å². The third-order valence-electron chi connectivity index (χ3n) is 3.85. The van der Waals surface area contributed by atoms with Gasteiger partial charge >= 0.3 is 0 Å². The molecule has 6 nitrogen and oxygen atoms in total. The summed E-state index contributed by atoms with van der Waals surface area (Å²) in [6.45, 7) is 5.04. The minimum absolute atomic E-state index is 0.0326. The Morgan fingerprint density at radius 3 is 2.64 bits per heavy atom. The zero-order valence-electron chi connectivity index (χ0n) is 12.6. The van der Waals surface area contributed by atoms with Crippen LogP contribution in [0.2, 0.25) is 0 Å². The molecule has 0 radical (unpaired) electrons. The lowest BCUT2D eigenvalue weighted by molar-refractivity contribution is 0.101. The van der Waals surface area contributed by atoms with Crippen LogP contribution in [0.5, 0.6) is 0 Å². The molecule has 1 aromatic carbocycles. The van der Waals surface area contributed by atoms with Gasteiger partial charge in [-0.1, -0.05) is 5.16 Å². The molecule has 0 aliphatic carbocycles. The van der Waals surface area contributed by atoms with Gasteiger partial charge in [-0.3, -0.25) is 9.10 Å². The number of hydrogen-bond acceptors (Lipinski definition) is 5. The van der Waals surface area contributed by atoms with Crippen molar-refractivity contribution < 1.29 is 17.7 Å². The fourth-order valence-electron chi connectivity index (χ4n) is 2.79. The molecule has 1 aliphatic heterocycles. The lowest BCUT2D eigenvalue weighted by atomic mass is 10.1. The van der Waals surface area contributed by atoms with E-state index in [0.29, 0.717) is 29.9 Å². The predicted octanol–water partition coefficient (Wildman–Crippen LogP) is 2.25. The number of carbonyl (C=O) groups excluding carboxylic acids is 1. The van der Waals surface area contributed by atoms with E-state index in [9.17, 15) is 13.2 Å². The highest BCUT2D eigenvalue weighted by Gasteiger charge is 2.35. The lowest BCUT2D eigenvalue weighted by Crippen LogP contribution is -2.29. The minimum Gasteiger partial charge on any atom is -0.360 e. The molecule has 7 heteroatoms. The molecule has 0 atom stereocenters. The van der Waals surface area contributed by atoms with Gasteiger partial charge < -0.3 is 4.52 Å². The normalized spacial score (nSPS) is 14.2. The van der Waals surface area contributed by atoms with Crippen LogP contribution in [0, 0.1) is 13.8 Å². The molecule has 2 aromatic rings. The molecule has 0 N–H and O–H groups in total. The second-order valence-electron chi connectivity index (χ2n) is 5.38. The number of anilines is 1. The summed E-state index contributed by atoms with van der Waals surface area (Å²) in [6, 6.07) is 5.11. The number of benzene rings is 1. The molecule has 0 saturated heterocycles. The molecule has 0 spiro atoms. The fourth-order valence-corrected chi connectivity index (χ4v) is 4.59. The van der Waals surface area contributed by atoms with Crippen molar-refractivity contribution in [2.45, 2.75) is 32.1 Å². The van der Waals surface area contributed by atoms with Gasteiger partial charge in [0.2, 0.25) is 0 Å². The van der Waals surface area contributed by atoms with E-state index in [1.165, 1.54) is 11.2 Å². The molecule has 0 bridgehead atoms. The molecule has 0 unspecified atom stereocenters. The van der Waals surface area contributed by atoms with E-state index in [1.807, 2.05) is 0 Å². The largest absolute Gasteiger partial charge is 0.360 e. The van der Waals surface area contributed by atoms with Crippen molar-refractivity contribution >= 4 is 21.5 Å². The average molecular weight is 320 g/mol. The maximum absolute atomic E-state index is 12.9. The van der Waals surface area contributed by atoms with Gasteiger partial charge in [0.1, 0.15) is 5.69 Å². The average Bonchev–Trinajstić information content (AvgIpc) is 3.02. The van der Waals surface area contributed by atoms with Crippen LogP contribution in [0.25, 0.3) is 0 Å². The second kappa shape index (κ2) is 4.95. The molecular formula is C15H16N2O4S. The van der Waals surface area contributed by atoms with Crippen molar-refractivity contribution in [3.8, 4) is 0 Å². The first-order valence-corrected chi connectivity index (χ1v) is 8.36. The highest BCUT2D eigenvalue weighted by Crippen LogP contribution is 2.35. The third-order valence-corrected chi connectivity index (χ3v) is 5.91. The Kier molecular flexibility index (Phi) is 3.32. The van der Waals surface area contributed by atoms with Crippen molar-refractivity contribution in [1.82, 2.24) is 5.16 Å². The van der Waals surface area contributed by atoms with E-state index < -0.39 is 10.0 Å². The van der Waals surface area contributed by atoms with Gasteiger partial charge in [-0.25, -0.2) is 8.42 Å². The number of rotatable bonds is 3. The summed E-state index contributed by atoms with van der Waals surface area (Å²) in [4.78, 5) is 11.6. The van der Waals surface area contributed by atoms with Gasteiger partial charge in [-0.05, 0) is 51.0 Å². The van der Waals surface area contributed by atoms with E-state index in [-0.39, 0.29) is 16.4 Å². The number of ketones is 1. The molecule has 0 saturated carbocycles. The van der Waals surface area contributed by atoms with Crippen LogP contribution in [0.1, 0.15) is 34.3 Å². The lowest BCUT2D eigenvalue weighted by Gasteiger charge is -2.19. The summed E-state index contributed by atoms with van der Waals surface area (Å²) < 4.78 is 32.1. The molecular weight excluding hydrogens is 304 g/mol. The Balaban J connectivity index is 2.08. The van der Waals surface area contributed by atoms with Crippen LogP contribution in [0.3, 0.4) is 0 Å².